The average Bonchev–Trinajstić information content (AvgIpc) is 3.54. The Bertz CT molecular complexity index is 1760. The van der Waals surface area contributed by atoms with Crippen molar-refractivity contribution in [2.45, 2.75) is 363 Å². The van der Waals surface area contributed by atoms with E-state index < -0.39 is 97.5 Å². The third-order valence-electron chi connectivity index (χ3n) is 16.1. The van der Waals surface area contributed by atoms with Crippen molar-refractivity contribution in [3.63, 3.8) is 0 Å². The lowest BCUT2D eigenvalue weighted by Crippen LogP contribution is -2.30. The van der Waals surface area contributed by atoms with Crippen molar-refractivity contribution >= 4 is 39.5 Å². The SMILES string of the molecule is CC(C)CCCCCCCCCCCCCCCCC(=O)O[C@H](COC(=O)CCCCCCCCCCCCCC(C)C)COP(=O)(O)OC[C@@H](O)COP(=O)(O)OC[C@@H](COC(=O)CCCCCCCCC(C)C)OC(=O)CCCCCCCCC(C)C. The molecule has 0 fully saturated rings. The molecule has 0 saturated heterocycles. The highest BCUT2D eigenvalue weighted by atomic mass is 31.2. The number of phosphoric acid groups is 2. The molecule has 2 unspecified atom stereocenters. The molecule has 0 spiro atoms. The number of unbranched alkanes of at least 4 members (excludes halogenated alkanes) is 33. The fourth-order valence-electron chi connectivity index (χ4n) is 10.5. The fourth-order valence-corrected chi connectivity index (χ4v) is 12.1. The Morgan fingerprint density at radius 1 is 0.281 bits per heavy atom. The molecule has 0 aromatic heterocycles. The van der Waals surface area contributed by atoms with Crippen LogP contribution in [0.25, 0.3) is 0 Å². The van der Waals surface area contributed by atoms with Crippen LogP contribution in [-0.4, -0.2) is 96.7 Å². The lowest BCUT2D eigenvalue weighted by Gasteiger charge is -2.21. The second kappa shape index (κ2) is 59.8. The largest absolute Gasteiger partial charge is 0.472 e. The molecule has 0 aromatic carbocycles. The van der Waals surface area contributed by atoms with Gasteiger partial charge in [0, 0.05) is 25.7 Å². The van der Waals surface area contributed by atoms with Crippen molar-refractivity contribution in [3.8, 4) is 0 Å². The van der Waals surface area contributed by atoms with Crippen molar-refractivity contribution < 1.29 is 80.2 Å². The van der Waals surface area contributed by atoms with Crippen LogP contribution in [0.3, 0.4) is 0 Å². The lowest BCUT2D eigenvalue weighted by atomic mass is 10.0. The van der Waals surface area contributed by atoms with Crippen LogP contribution >= 0.6 is 15.6 Å². The Balaban J connectivity index is 5.22. The number of hydrogen-bond acceptors (Lipinski definition) is 15. The number of carbonyl (C=O) groups excluding carboxylic acids is 4. The lowest BCUT2D eigenvalue weighted by molar-refractivity contribution is -0.161. The van der Waals surface area contributed by atoms with Crippen molar-refractivity contribution in [3.05, 3.63) is 0 Å². The van der Waals surface area contributed by atoms with Gasteiger partial charge >= 0.3 is 39.5 Å². The Morgan fingerprint density at radius 2 is 0.472 bits per heavy atom. The third-order valence-corrected chi connectivity index (χ3v) is 18.0. The molecule has 89 heavy (non-hydrogen) atoms. The summed E-state index contributed by atoms with van der Waals surface area (Å²) in [6.45, 7) is 14.0. The van der Waals surface area contributed by atoms with Crippen molar-refractivity contribution in [2.24, 2.45) is 23.7 Å². The molecule has 0 saturated carbocycles. The maximum absolute atomic E-state index is 13.0. The van der Waals surface area contributed by atoms with Crippen LogP contribution < -0.4 is 0 Å². The number of aliphatic hydroxyl groups excluding tert-OH is 1. The normalized spacial score (nSPS) is 14.3. The Hall–Kier alpha value is -1.94. The van der Waals surface area contributed by atoms with Gasteiger partial charge in [-0.25, -0.2) is 9.13 Å². The molecule has 0 rings (SSSR count). The Kier molecular flexibility index (Phi) is 58.5. The molecule has 528 valence electrons. The zero-order valence-electron chi connectivity index (χ0n) is 58.1. The van der Waals surface area contributed by atoms with Gasteiger partial charge in [0.2, 0.25) is 0 Å². The summed E-state index contributed by atoms with van der Waals surface area (Å²) in [5.74, 6) is 0.780. The van der Waals surface area contributed by atoms with E-state index in [0.717, 1.165) is 108 Å². The van der Waals surface area contributed by atoms with Gasteiger partial charge < -0.3 is 33.8 Å². The van der Waals surface area contributed by atoms with Crippen LogP contribution in [0.5, 0.6) is 0 Å². The summed E-state index contributed by atoms with van der Waals surface area (Å²) < 4.78 is 68.2. The van der Waals surface area contributed by atoms with E-state index in [4.69, 9.17) is 37.0 Å². The topological polar surface area (TPSA) is 237 Å². The van der Waals surface area contributed by atoms with E-state index in [9.17, 15) is 43.2 Å². The van der Waals surface area contributed by atoms with Crippen LogP contribution in [-0.2, 0) is 65.4 Å². The van der Waals surface area contributed by atoms with Crippen LogP contribution in [0.4, 0.5) is 0 Å². The van der Waals surface area contributed by atoms with Gasteiger partial charge in [-0.2, -0.15) is 0 Å². The Morgan fingerprint density at radius 3 is 0.697 bits per heavy atom. The van der Waals surface area contributed by atoms with Crippen LogP contribution in [0.1, 0.15) is 344 Å². The molecule has 0 heterocycles. The van der Waals surface area contributed by atoms with Crippen LogP contribution in [0.2, 0.25) is 0 Å². The molecule has 0 aliphatic carbocycles. The van der Waals surface area contributed by atoms with Gasteiger partial charge in [-0.1, -0.05) is 293 Å². The number of phosphoric ester groups is 2. The van der Waals surface area contributed by atoms with E-state index in [-0.39, 0.29) is 25.7 Å². The van der Waals surface area contributed by atoms with Gasteiger partial charge in [0.15, 0.2) is 12.2 Å². The maximum Gasteiger partial charge on any atom is 0.472 e. The van der Waals surface area contributed by atoms with E-state index in [1.165, 1.54) is 141 Å². The first-order chi connectivity index (χ1) is 42.6. The molecule has 0 aliphatic rings. The number of esters is 4. The molecule has 0 bridgehead atoms. The molecular weight excluding hydrogens is 1170 g/mol. The molecule has 0 amide bonds. The van der Waals surface area contributed by atoms with Crippen LogP contribution in [0, 0.1) is 23.7 Å². The molecule has 0 radical (unpaired) electrons. The van der Waals surface area contributed by atoms with E-state index >= 15 is 0 Å². The highest BCUT2D eigenvalue weighted by Gasteiger charge is 2.30. The van der Waals surface area contributed by atoms with E-state index in [1.807, 2.05) is 0 Å². The standard InChI is InChI=1S/C70H136O17P2/c1-60(2)46-38-30-22-18-14-11-9-10-12-16-21-25-36-44-52-69(74)86-65(56-80-67(72)50-42-34-24-20-17-13-15-19-23-31-39-47-61(3)4)58-84-88(76,77)82-54-64(71)55-83-89(78,79)85-59-66(87-70(75)53-45-37-29-27-33-41-49-63(7)8)57-81-68(73)51-43-35-28-26-32-40-48-62(5)6/h60-66,71H,9-59H2,1-8H3,(H,76,77)(H,78,79)/t64-,65-,66-/m1/s1. The molecular formula is C70H136O17P2. The molecule has 19 heteroatoms. The minimum absolute atomic E-state index is 0.101. The fraction of sp³-hybridized carbons (Fsp3) is 0.943. The zero-order valence-corrected chi connectivity index (χ0v) is 59.8. The zero-order chi connectivity index (χ0) is 66.1. The predicted molar refractivity (Wildman–Crippen MR) is 358 cm³/mol. The van der Waals surface area contributed by atoms with Gasteiger partial charge in [0.1, 0.15) is 19.3 Å². The van der Waals surface area contributed by atoms with Gasteiger partial charge in [-0.3, -0.25) is 37.3 Å². The van der Waals surface area contributed by atoms with Gasteiger partial charge in [0.25, 0.3) is 0 Å². The number of carbonyl (C=O) groups is 4. The smallest absolute Gasteiger partial charge is 0.462 e. The highest BCUT2D eigenvalue weighted by molar-refractivity contribution is 7.47. The summed E-state index contributed by atoms with van der Waals surface area (Å²) in [4.78, 5) is 72.4. The van der Waals surface area contributed by atoms with Crippen molar-refractivity contribution in [2.75, 3.05) is 39.6 Å². The summed E-state index contributed by atoms with van der Waals surface area (Å²) in [5.41, 5.74) is 0. The summed E-state index contributed by atoms with van der Waals surface area (Å²) >= 11 is 0. The number of aliphatic hydroxyl groups is 1. The minimum Gasteiger partial charge on any atom is -0.462 e. The summed E-state index contributed by atoms with van der Waals surface area (Å²) in [6, 6.07) is 0. The monoisotopic (exact) mass is 1310 g/mol. The second-order valence-corrected chi connectivity index (χ2v) is 30.1. The van der Waals surface area contributed by atoms with Gasteiger partial charge in [-0.05, 0) is 49.4 Å². The number of hydrogen-bond donors (Lipinski definition) is 3. The molecule has 5 atom stereocenters. The second-order valence-electron chi connectivity index (χ2n) is 27.2. The maximum atomic E-state index is 13.0. The van der Waals surface area contributed by atoms with E-state index in [0.29, 0.717) is 37.5 Å². The molecule has 3 N–H and O–H groups in total. The molecule has 0 aromatic rings. The molecule has 0 aliphatic heterocycles. The predicted octanol–water partition coefficient (Wildman–Crippen LogP) is 19.7. The molecule has 17 nitrogen and oxygen atoms in total. The summed E-state index contributed by atoms with van der Waals surface area (Å²) in [7, 11) is -9.90. The quantitative estimate of drug-likeness (QED) is 0.0222. The summed E-state index contributed by atoms with van der Waals surface area (Å²) in [6.07, 6.45) is 42.0. The highest BCUT2D eigenvalue weighted by Crippen LogP contribution is 2.45. The van der Waals surface area contributed by atoms with Gasteiger partial charge in [-0.15, -0.1) is 0 Å². The van der Waals surface area contributed by atoms with Crippen LogP contribution in [0.15, 0.2) is 0 Å². The van der Waals surface area contributed by atoms with Crippen molar-refractivity contribution in [1.82, 2.24) is 0 Å². The first-order valence-corrected chi connectivity index (χ1v) is 39.2. The number of rotatable bonds is 67. The first-order valence-electron chi connectivity index (χ1n) is 36.2. The van der Waals surface area contributed by atoms with Crippen molar-refractivity contribution in [1.29, 1.82) is 0 Å². The van der Waals surface area contributed by atoms with E-state index in [1.54, 1.807) is 0 Å². The number of ether oxygens (including phenoxy) is 4. The van der Waals surface area contributed by atoms with Gasteiger partial charge in [0.05, 0.1) is 26.4 Å². The van der Waals surface area contributed by atoms with E-state index in [2.05, 4.69) is 55.4 Å². The minimum atomic E-state index is -4.95. The first kappa shape index (κ1) is 87.1. The Labute approximate surface area is 543 Å². The average molecular weight is 1310 g/mol. The third kappa shape index (κ3) is 64.6. The summed E-state index contributed by atoms with van der Waals surface area (Å²) in [5, 5.41) is 10.6.